The Hall–Kier alpha value is -1.85. The molecule has 1 aliphatic heterocycles. The first-order chi connectivity index (χ1) is 9.06. The first-order valence-electron chi connectivity index (χ1n) is 6.52. The second kappa shape index (κ2) is 5.86. The van der Waals surface area contributed by atoms with Gasteiger partial charge in [-0.05, 0) is 6.08 Å². The standard InChI is InChI=1S/C13H18N2O4/c1-10(16)14-8-6-13(7-9-14)19-12-4-2-11(3-5-12)15(17)18/h2,4,13H,3,5-9H2,1H3. The fourth-order valence-electron chi connectivity index (χ4n) is 2.36. The van der Waals surface area contributed by atoms with Crippen LogP contribution in [-0.2, 0) is 9.53 Å². The summed E-state index contributed by atoms with van der Waals surface area (Å²) in [6, 6.07) is 0. The van der Waals surface area contributed by atoms with Gasteiger partial charge in [-0.2, -0.15) is 0 Å². The molecule has 0 N–H and O–H groups in total. The van der Waals surface area contributed by atoms with E-state index in [0.29, 0.717) is 12.8 Å². The Balaban J connectivity index is 1.84. The molecule has 1 fully saturated rings. The summed E-state index contributed by atoms with van der Waals surface area (Å²) in [5.74, 6) is 0.917. The molecule has 0 radical (unpaired) electrons. The van der Waals surface area contributed by atoms with Crippen LogP contribution in [0.2, 0.25) is 0 Å². The van der Waals surface area contributed by atoms with Crippen LogP contribution in [0, 0.1) is 10.1 Å². The molecule has 0 atom stereocenters. The van der Waals surface area contributed by atoms with Gasteiger partial charge in [0.15, 0.2) is 0 Å². The third kappa shape index (κ3) is 3.56. The van der Waals surface area contributed by atoms with E-state index >= 15 is 0 Å². The number of hydrogen-bond acceptors (Lipinski definition) is 4. The summed E-state index contributed by atoms with van der Waals surface area (Å²) in [5.41, 5.74) is 0.235. The zero-order valence-corrected chi connectivity index (χ0v) is 11.0. The summed E-state index contributed by atoms with van der Waals surface area (Å²) >= 11 is 0. The van der Waals surface area contributed by atoms with Crippen LogP contribution in [0.3, 0.4) is 0 Å². The summed E-state index contributed by atoms with van der Waals surface area (Å²) in [6.45, 7) is 3.03. The number of carbonyl (C=O) groups is 1. The highest BCUT2D eigenvalue weighted by atomic mass is 16.6. The molecule has 19 heavy (non-hydrogen) atoms. The first-order valence-corrected chi connectivity index (χ1v) is 6.52. The zero-order valence-electron chi connectivity index (χ0n) is 11.0. The van der Waals surface area contributed by atoms with Crippen LogP contribution in [-0.4, -0.2) is 34.9 Å². The van der Waals surface area contributed by atoms with Crippen LogP contribution < -0.4 is 0 Å². The largest absolute Gasteiger partial charge is 0.495 e. The van der Waals surface area contributed by atoms with Crippen molar-refractivity contribution in [1.29, 1.82) is 0 Å². The minimum Gasteiger partial charge on any atom is -0.495 e. The number of amides is 1. The van der Waals surface area contributed by atoms with Crippen molar-refractivity contribution < 1.29 is 14.5 Å². The molecule has 0 aromatic rings. The van der Waals surface area contributed by atoms with E-state index in [1.165, 1.54) is 6.08 Å². The second-order valence-electron chi connectivity index (χ2n) is 4.87. The van der Waals surface area contributed by atoms with Gasteiger partial charge in [0.1, 0.15) is 6.10 Å². The highest BCUT2D eigenvalue weighted by Crippen LogP contribution is 2.24. The Kier molecular flexibility index (Phi) is 4.19. The maximum atomic E-state index is 11.2. The smallest absolute Gasteiger partial charge is 0.246 e. The molecule has 2 aliphatic rings. The van der Waals surface area contributed by atoms with Crippen LogP contribution in [0.4, 0.5) is 0 Å². The molecule has 6 heteroatoms. The minimum atomic E-state index is -0.349. The van der Waals surface area contributed by atoms with Crippen molar-refractivity contribution in [3.05, 3.63) is 33.7 Å². The Bertz CT molecular complexity index is 434. The fraction of sp³-hybridized carbons (Fsp3) is 0.615. The van der Waals surface area contributed by atoms with E-state index in [0.717, 1.165) is 31.7 Å². The quantitative estimate of drug-likeness (QED) is 0.577. The molecule has 6 nitrogen and oxygen atoms in total. The maximum absolute atomic E-state index is 11.2. The number of nitrogens with zero attached hydrogens (tertiary/aromatic N) is 2. The van der Waals surface area contributed by atoms with Gasteiger partial charge in [-0.3, -0.25) is 14.9 Å². The lowest BCUT2D eigenvalue weighted by Crippen LogP contribution is -2.39. The Morgan fingerprint density at radius 3 is 2.53 bits per heavy atom. The van der Waals surface area contributed by atoms with Gasteiger partial charge in [-0.15, -0.1) is 0 Å². The van der Waals surface area contributed by atoms with Gasteiger partial charge in [-0.1, -0.05) is 0 Å². The molecule has 0 spiro atoms. The molecule has 1 saturated heterocycles. The average molecular weight is 266 g/mol. The van der Waals surface area contributed by atoms with Crippen molar-refractivity contribution in [2.24, 2.45) is 0 Å². The molecule has 0 aromatic heterocycles. The SMILES string of the molecule is CC(=O)N1CCC(OC2=CC=C([N+](=O)[O-])CC2)CC1. The van der Waals surface area contributed by atoms with Gasteiger partial charge < -0.3 is 9.64 Å². The molecule has 0 bridgehead atoms. The lowest BCUT2D eigenvalue weighted by Gasteiger charge is -2.32. The molecule has 1 heterocycles. The molecule has 2 rings (SSSR count). The topological polar surface area (TPSA) is 72.7 Å². The molecule has 0 aromatic carbocycles. The van der Waals surface area contributed by atoms with Crippen molar-refractivity contribution in [2.75, 3.05) is 13.1 Å². The summed E-state index contributed by atoms with van der Waals surface area (Å²) in [5, 5.41) is 10.6. The number of nitro groups is 1. The van der Waals surface area contributed by atoms with Crippen molar-refractivity contribution in [3.8, 4) is 0 Å². The van der Waals surface area contributed by atoms with Gasteiger partial charge >= 0.3 is 0 Å². The van der Waals surface area contributed by atoms with E-state index in [1.54, 1.807) is 13.0 Å². The zero-order chi connectivity index (χ0) is 13.8. The number of ether oxygens (including phenoxy) is 1. The second-order valence-corrected chi connectivity index (χ2v) is 4.87. The average Bonchev–Trinajstić information content (AvgIpc) is 2.40. The van der Waals surface area contributed by atoms with Gasteiger partial charge in [0.05, 0.1) is 10.7 Å². The van der Waals surface area contributed by atoms with Gasteiger partial charge in [0, 0.05) is 51.8 Å². The summed E-state index contributed by atoms with van der Waals surface area (Å²) in [6.07, 6.45) is 5.98. The number of piperidine rings is 1. The van der Waals surface area contributed by atoms with Crippen LogP contribution in [0.15, 0.2) is 23.6 Å². The molecule has 1 aliphatic carbocycles. The lowest BCUT2D eigenvalue weighted by atomic mass is 10.1. The molecule has 1 amide bonds. The first kappa shape index (κ1) is 13.6. The number of allylic oxidation sites excluding steroid dienone is 4. The van der Waals surface area contributed by atoms with E-state index < -0.39 is 0 Å². The third-order valence-corrected chi connectivity index (χ3v) is 3.53. The van der Waals surface area contributed by atoms with E-state index in [1.807, 2.05) is 4.90 Å². The van der Waals surface area contributed by atoms with Gasteiger partial charge in [0.25, 0.3) is 0 Å². The van der Waals surface area contributed by atoms with Gasteiger partial charge in [-0.25, -0.2) is 0 Å². The Labute approximate surface area is 111 Å². The molecule has 0 unspecified atom stereocenters. The van der Waals surface area contributed by atoms with Crippen molar-refractivity contribution in [3.63, 3.8) is 0 Å². The number of hydrogen-bond donors (Lipinski definition) is 0. The fourth-order valence-corrected chi connectivity index (χ4v) is 2.36. The Morgan fingerprint density at radius 2 is 2.05 bits per heavy atom. The molecule has 104 valence electrons. The predicted molar refractivity (Wildman–Crippen MR) is 68.8 cm³/mol. The highest BCUT2D eigenvalue weighted by Gasteiger charge is 2.24. The van der Waals surface area contributed by atoms with E-state index in [-0.39, 0.29) is 22.6 Å². The summed E-state index contributed by atoms with van der Waals surface area (Å²) in [4.78, 5) is 23.2. The van der Waals surface area contributed by atoms with Gasteiger partial charge in [0.2, 0.25) is 11.6 Å². The minimum absolute atomic E-state index is 0.105. The predicted octanol–water partition coefficient (Wildman–Crippen LogP) is 1.85. The van der Waals surface area contributed by atoms with Crippen LogP contribution in [0.5, 0.6) is 0 Å². The van der Waals surface area contributed by atoms with Crippen LogP contribution in [0.1, 0.15) is 32.6 Å². The monoisotopic (exact) mass is 266 g/mol. The van der Waals surface area contributed by atoms with E-state index in [4.69, 9.17) is 4.74 Å². The molecular weight excluding hydrogens is 248 g/mol. The highest BCUT2D eigenvalue weighted by molar-refractivity contribution is 5.73. The van der Waals surface area contributed by atoms with Crippen molar-refractivity contribution in [2.45, 2.75) is 38.7 Å². The Morgan fingerprint density at radius 1 is 1.37 bits per heavy atom. The van der Waals surface area contributed by atoms with Crippen LogP contribution in [0.25, 0.3) is 0 Å². The van der Waals surface area contributed by atoms with Crippen LogP contribution >= 0.6 is 0 Å². The summed E-state index contributed by atoms with van der Waals surface area (Å²) in [7, 11) is 0. The molecular formula is C13H18N2O4. The molecule has 0 saturated carbocycles. The van der Waals surface area contributed by atoms with E-state index in [2.05, 4.69) is 0 Å². The van der Waals surface area contributed by atoms with E-state index in [9.17, 15) is 14.9 Å². The third-order valence-electron chi connectivity index (χ3n) is 3.53. The normalized spacial score (nSPS) is 20.6. The number of carbonyl (C=O) groups excluding carboxylic acids is 1. The maximum Gasteiger partial charge on any atom is 0.246 e. The number of rotatable bonds is 3. The lowest BCUT2D eigenvalue weighted by molar-refractivity contribution is -0.428. The number of likely N-dealkylation sites (tertiary alicyclic amines) is 1. The van der Waals surface area contributed by atoms with Crippen molar-refractivity contribution >= 4 is 5.91 Å². The summed E-state index contributed by atoms with van der Waals surface area (Å²) < 4.78 is 5.84. The van der Waals surface area contributed by atoms with Crippen molar-refractivity contribution in [1.82, 2.24) is 4.90 Å².